The van der Waals surface area contributed by atoms with Gasteiger partial charge in [-0.3, -0.25) is 4.90 Å². The van der Waals surface area contributed by atoms with Gasteiger partial charge in [-0.15, -0.1) is 0 Å². The van der Waals surface area contributed by atoms with Crippen LogP contribution < -0.4 is 0 Å². The summed E-state index contributed by atoms with van der Waals surface area (Å²) in [5, 5.41) is 0. The lowest BCUT2D eigenvalue weighted by molar-refractivity contribution is -0.137. The number of aryl methyl sites for hydroxylation is 2. The minimum atomic E-state index is -4.27. The molecule has 0 bridgehead atoms. The van der Waals surface area contributed by atoms with E-state index < -0.39 is 11.7 Å². The fourth-order valence-corrected chi connectivity index (χ4v) is 6.26. The fourth-order valence-electron chi connectivity index (χ4n) is 6.26. The van der Waals surface area contributed by atoms with Crippen LogP contribution in [0.2, 0.25) is 0 Å². The molecular weight excluding hydrogens is 431 g/mol. The van der Waals surface area contributed by atoms with Crippen molar-refractivity contribution in [1.29, 1.82) is 0 Å². The second-order valence-corrected chi connectivity index (χ2v) is 11.6. The van der Waals surface area contributed by atoms with Crippen LogP contribution in [-0.4, -0.2) is 24.0 Å². The Morgan fingerprint density at radius 3 is 2.21 bits per heavy atom. The Bertz CT molecular complexity index is 943. The number of piperidine rings is 1. The van der Waals surface area contributed by atoms with Crippen molar-refractivity contribution >= 4 is 0 Å². The van der Waals surface area contributed by atoms with Gasteiger partial charge in [-0.05, 0) is 92.4 Å². The van der Waals surface area contributed by atoms with Crippen molar-refractivity contribution in [1.82, 2.24) is 4.90 Å². The molecular formula is C30H40F3N. The Balaban J connectivity index is 1.39. The van der Waals surface area contributed by atoms with Crippen LogP contribution >= 0.6 is 0 Å². The Hall–Kier alpha value is -1.81. The van der Waals surface area contributed by atoms with Gasteiger partial charge >= 0.3 is 6.18 Å². The largest absolute Gasteiger partial charge is 0.416 e. The highest BCUT2D eigenvalue weighted by Crippen LogP contribution is 2.50. The molecule has 1 aliphatic carbocycles. The molecule has 0 N–H and O–H groups in total. The number of hydrogen-bond donors (Lipinski definition) is 0. The first kappa shape index (κ1) is 25.3. The normalized spacial score (nSPS) is 26.1. The SMILES string of the molecule is Cc1ccc(C2([C@@H](C)CN3CC(C)(CCc4ccc(C(F)(F)F)cc4)CC[C@H]3C)CCC2)cc1. The minimum Gasteiger partial charge on any atom is -0.300 e. The quantitative estimate of drug-likeness (QED) is 0.393. The summed E-state index contributed by atoms with van der Waals surface area (Å²) in [6.45, 7) is 11.5. The molecule has 3 atom stereocenters. The Morgan fingerprint density at radius 1 is 1.00 bits per heavy atom. The first-order chi connectivity index (χ1) is 16.0. The molecule has 186 valence electrons. The highest BCUT2D eigenvalue weighted by Gasteiger charge is 2.45. The van der Waals surface area contributed by atoms with E-state index in [0.717, 1.165) is 31.5 Å². The van der Waals surface area contributed by atoms with Gasteiger partial charge in [0.2, 0.25) is 0 Å². The van der Waals surface area contributed by atoms with Gasteiger partial charge in [-0.2, -0.15) is 13.2 Å². The second-order valence-electron chi connectivity index (χ2n) is 11.6. The third-order valence-corrected chi connectivity index (χ3v) is 9.00. The molecule has 4 rings (SSSR count). The van der Waals surface area contributed by atoms with Crippen molar-refractivity contribution in [2.24, 2.45) is 11.3 Å². The summed E-state index contributed by atoms with van der Waals surface area (Å²) in [4.78, 5) is 2.70. The third-order valence-electron chi connectivity index (χ3n) is 9.00. The average molecular weight is 472 g/mol. The van der Waals surface area contributed by atoms with Gasteiger partial charge in [0.15, 0.2) is 0 Å². The maximum Gasteiger partial charge on any atom is 0.416 e. The topological polar surface area (TPSA) is 3.24 Å². The van der Waals surface area contributed by atoms with Crippen molar-refractivity contribution < 1.29 is 13.2 Å². The van der Waals surface area contributed by atoms with Crippen molar-refractivity contribution in [3.05, 3.63) is 70.8 Å². The molecule has 0 amide bonds. The van der Waals surface area contributed by atoms with Gasteiger partial charge in [0.05, 0.1) is 5.56 Å². The summed E-state index contributed by atoms with van der Waals surface area (Å²) in [5.41, 5.74) is 3.77. The van der Waals surface area contributed by atoms with Crippen molar-refractivity contribution in [3.8, 4) is 0 Å². The molecule has 1 saturated carbocycles. The van der Waals surface area contributed by atoms with E-state index in [1.807, 2.05) is 0 Å². The Labute approximate surface area is 203 Å². The summed E-state index contributed by atoms with van der Waals surface area (Å²) in [6, 6.07) is 15.5. The first-order valence-corrected chi connectivity index (χ1v) is 13.0. The standard InChI is InChI=1S/C30H40F3N/c1-22-6-10-26(11-7-22)29(16-5-17-29)23(2)20-34-21-28(4,18-14-24(34)3)19-15-25-8-12-27(13-9-25)30(31,32)33/h6-13,23-24H,5,14-21H2,1-4H3/t23-,24+,28?/m0/s1. The van der Waals surface area contributed by atoms with Crippen LogP contribution in [0.5, 0.6) is 0 Å². The summed E-state index contributed by atoms with van der Waals surface area (Å²) in [7, 11) is 0. The third kappa shape index (κ3) is 5.37. The van der Waals surface area contributed by atoms with Gasteiger partial charge in [-0.25, -0.2) is 0 Å². The summed E-state index contributed by atoms with van der Waals surface area (Å²) < 4.78 is 38.6. The van der Waals surface area contributed by atoms with E-state index in [-0.39, 0.29) is 5.41 Å². The van der Waals surface area contributed by atoms with Crippen LogP contribution in [0.4, 0.5) is 13.2 Å². The van der Waals surface area contributed by atoms with Gasteiger partial charge < -0.3 is 0 Å². The zero-order valence-electron chi connectivity index (χ0n) is 21.2. The molecule has 0 aromatic heterocycles. The zero-order valence-corrected chi connectivity index (χ0v) is 21.2. The molecule has 2 aliphatic rings. The van der Waals surface area contributed by atoms with Crippen LogP contribution in [0.25, 0.3) is 0 Å². The Kier molecular flexibility index (Phi) is 7.20. The molecule has 4 heteroatoms. The van der Waals surface area contributed by atoms with Crippen LogP contribution in [0.3, 0.4) is 0 Å². The van der Waals surface area contributed by atoms with Crippen LogP contribution in [0.15, 0.2) is 48.5 Å². The summed E-state index contributed by atoms with van der Waals surface area (Å²) in [5.74, 6) is 0.601. The number of rotatable bonds is 7. The molecule has 2 aromatic rings. The van der Waals surface area contributed by atoms with Gasteiger partial charge in [0.25, 0.3) is 0 Å². The molecule has 1 aliphatic heterocycles. The van der Waals surface area contributed by atoms with Crippen molar-refractivity contribution in [2.45, 2.75) is 90.3 Å². The number of nitrogens with zero attached hydrogens (tertiary/aromatic N) is 1. The van der Waals surface area contributed by atoms with Crippen LogP contribution in [-0.2, 0) is 18.0 Å². The van der Waals surface area contributed by atoms with E-state index in [2.05, 4.69) is 56.9 Å². The maximum absolute atomic E-state index is 12.9. The first-order valence-electron chi connectivity index (χ1n) is 13.0. The van der Waals surface area contributed by atoms with E-state index >= 15 is 0 Å². The minimum absolute atomic E-state index is 0.200. The van der Waals surface area contributed by atoms with Gasteiger partial charge in [-0.1, -0.05) is 62.2 Å². The van der Waals surface area contributed by atoms with E-state index in [0.29, 0.717) is 17.4 Å². The molecule has 2 aromatic carbocycles. The highest BCUT2D eigenvalue weighted by molar-refractivity contribution is 5.32. The lowest BCUT2D eigenvalue weighted by Gasteiger charge is -2.51. The lowest BCUT2D eigenvalue weighted by Crippen LogP contribution is -2.52. The molecule has 1 saturated heterocycles. The van der Waals surface area contributed by atoms with Crippen LogP contribution in [0.1, 0.15) is 81.5 Å². The lowest BCUT2D eigenvalue weighted by atomic mass is 9.57. The van der Waals surface area contributed by atoms with E-state index in [1.54, 1.807) is 12.1 Å². The summed E-state index contributed by atoms with van der Waals surface area (Å²) >= 11 is 0. The molecule has 34 heavy (non-hydrogen) atoms. The number of alkyl halides is 3. The van der Waals surface area contributed by atoms with E-state index in [9.17, 15) is 13.2 Å². The number of benzene rings is 2. The molecule has 1 nitrogen and oxygen atoms in total. The molecule has 1 heterocycles. The maximum atomic E-state index is 12.9. The summed E-state index contributed by atoms with van der Waals surface area (Å²) in [6.07, 6.45) is 3.83. The molecule has 2 fully saturated rings. The van der Waals surface area contributed by atoms with Gasteiger partial charge in [0, 0.05) is 19.1 Å². The van der Waals surface area contributed by atoms with E-state index in [4.69, 9.17) is 0 Å². The number of likely N-dealkylation sites (tertiary alicyclic amines) is 1. The molecule has 0 spiro atoms. The monoisotopic (exact) mass is 471 g/mol. The van der Waals surface area contributed by atoms with Crippen molar-refractivity contribution in [3.63, 3.8) is 0 Å². The Morgan fingerprint density at radius 2 is 1.65 bits per heavy atom. The smallest absolute Gasteiger partial charge is 0.300 e. The molecule has 0 radical (unpaired) electrons. The number of halogens is 3. The van der Waals surface area contributed by atoms with Crippen molar-refractivity contribution in [2.75, 3.05) is 13.1 Å². The van der Waals surface area contributed by atoms with E-state index in [1.165, 1.54) is 55.4 Å². The number of hydrogen-bond acceptors (Lipinski definition) is 1. The van der Waals surface area contributed by atoms with Crippen LogP contribution in [0, 0.1) is 18.3 Å². The second kappa shape index (κ2) is 9.68. The fraction of sp³-hybridized carbons (Fsp3) is 0.600. The zero-order chi connectivity index (χ0) is 24.6. The molecule has 1 unspecified atom stereocenters. The predicted molar refractivity (Wildman–Crippen MR) is 134 cm³/mol. The predicted octanol–water partition coefficient (Wildman–Crippen LogP) is 8.20. The highest BCUT2D eigenvalue weighted by atomic mass is 19.4. The van der Waals surface area contributed by atoms with Gasteiger partial charge in [0.1, 0.15) is 0 Å². The average Bonchev–Trinajstić information content (AvgIpc) is 2.75.